The highest BCUT2D eigenvalue weighted by Gasteiger charge is 2.25. The van der Waals surface area contributed by atoms with E-state index in [-0.39, 0.29) is 5.41 Å². The second kappa shape index (κ2) is 11.1. The maximum atomic E-state index is 13.5. The van der Waals surface area contributed by atoms with Crippen LogP contribution in [-0.2, 0) is 16.6 Å². The predicted molar refractivity (Wildman–Crippen MR) is 157 cm³/mol. The second-order valence-corrected chi connectivity index (χ2v) is 10.8. The maximum absolute atomic E-state index is 13.5. The first-order chi connectivity index (χ1) is 19.2. The third-order valence-corrected chi connectivity index (χ3v) is 6.73. The molecule has 1 amide bonds. The van der Waals surface area contributed by atoms with Crippen LogP contribution in [-0.4, -0.2) is 33.1 Å². The van der Waals surface area contributed by atoms with Crippen molar-refractivity contribution in [2.75, 3.05) is 11.9 Å². The van der Waals surface area contributed by atoms with E-state index in [1.165, 1.54) is 0 Å². The summed E-state index contributed by atoms with van der Waals surface area (Å²) in [6, 6.07) is 24.5. The molecule has 0 fully saturated rings. The number of nitrogens with zero attached hydrogens (tertiary/aromatic N) is 3. The number of carbonyl (C=O) groups excluding carboxylic acids is 2. The Morgan fingerprint density at radius 2 is 1.60 bits per heavy atom. The van der Waals surface area contributed by atoms with Crippen LogP contribution in [0, 0.1) is 6.92 Å². The number of fused-ring (bicyclic) bond motifs is 1. The van der Waals surface area contributed by atoms with Gasteiger partial charge in [0, 0.05) is 41.2 Å². The predicted octanol–water partition coefficient (Wildman–Crippen LogP) is 6.47. The van der Waals surface area contributed by atoms with E-state index in [4.69, 9.17) is 9.84 Å². The molecule has 0 bridgehead atoms. The van der Waals surface area contributed by atoms with E-state index < -0.39 is 11.7 Å². The number of anilines is 1. The van der Waals surface area contributed by atoms with Gasteiger partial charge in [0.2, 0.25) is 0 Å². The normalized spacial score (nSPS) is 11.4. The van der Waals surface area contributed by atoms with Crippen LogP contribution in [0.2, 0.25) is 0 Å². The summed E-state index contributed by atoms with van der Waals surface area (Å²) in [5.74, 6) is -0.264. The van der Waals surface area contributed by atoms with E-state index in [1.807, 2.05) is 73.7 Å². The van der Waals surface area contributed by atoms with Crippen molar-refractivity contribution in [1.29, 1.82) is 0 Å². The molecule has 2 heterocycles. The Labute approximate surface area is 233 Å². The van der Waals surface area contributed by atoms with Gasteiger partial charge < -0.3 is 10.1 Å². The summed E-state index contributed by atoms with van der Waals surface area (Å²) in [6.45, 7) is 8.65. The van der Waals surface area contributed by atoms with Gasteiger partial charge in [0.15, 0.2) is 0 Å². The molecule has 0 saturated carbocycles. The van der Waals surface area contributed by atoms with Crippen molar-refractivity contribution < 1.29 is 14.3 Å². The molecule has 0 radical (unpaired) electrons. The minimum Gasteiger partial charge on any atom is -0.493 e. The highest BCUT2D eigenvalue weighted by molar-refractivity contribution is 6.48. The average molecular weight is 533 g/mol. The van der Waals surface area contributed by atoms with E-state index >= 15 is 0 Å². The van der Waals surface area contributed by atoms with Gasteiger partial charge in [-0.25, -0.2) is 4.68 Å². The average Bonchev–Trinajstić information content (AvgIpc) is 3.38. The lowest BCUT2D eigenvalue weighted by atomic mass is 9.92. The zero-order chi connectivity index (χ0) is 28.3. The van der Waals surface area contributed by atoms with Crippen molar-refractivity contribution in [1.82, 2.24) is 14.8 Å². The molecule has 202 valence electrons. The van der Waals surface area contributed by atoms with Gasteiger partial charge in [-0.15, -0.1) is 0 Å². The molecule has 0 aliphatic heterocycles. The van der Waals surface area contributed by atoms with Crippen molar-refractivity contribution >= 4 is 28.3 Å². The van der Waals surface area contributed by atoms with Crippen LogP contribution in [0.3, 0.4) is 0 Å². The molecule has 0 unspecified atom stereocenters. The first-order valence-electron chi connectivity index (χ1n) is 13.3. The summed E-state index contributed by atoms with van der Waals surface area (Å²) in [5.41, 5.74) is 3.90. The number of pyridine rings is 1. The Hall–Kier alpha value is -4.78. The molecule has 7 nitrogen and oxygen atoms in total. The van der Waals surface area contributed by atoms with Crippen LogP contribution >= 0.6 is 0 Å². The largest absolute Gasteiger partial charge is 0.493 e. The Morgan fingerprint density at radius 3 is 2.30 bits per heavy atom. The van der Waals surface area contributed by atoms with Crippen LogP contribution in [0.4, 0.5) is 5.82 Å². The number of aryl methyl sites for hydroxylation is 1. The monoisotopic (exact) mass is 532 g/mol. The van der Waals surface area contributed by atoms with Gasteiger partial charge in [-0.3, -0.25) is 14.6 Å². The molecule has 0 aliphatic rings. The highest BCUT2D eigenvalue weighted by atomic mass is 16.5. The number of nitrogens with one attached hydrogen (secondary N) is 1. The van der Waals surface area contributed by atoms with Gasteiger partial charge >= 0.3 is 0 Å². The molecule has 5 aromatic rings. The van der Waals surface area contributed by atoms with Crippen molar-refractivity contribution in [3.63, 3.8) is 0 Å². The third kappa shape index (κ3) is 5.78. The first-order valence-corrected chi connectivity index (χ1v) is 13.3. The number of hydrogen-bond donors (Lipinski definition) is 1. The molecule has 1 N–H and O–H groups in total. The topological polar surface area (TPSA) is 86.1 Å². The van der Waals surface area contributed by atoms with E-state index in [9.17, 15) is 9.59 Å². The summed E-state index contributed by atoms with van der Waals surface area (Å²) in [6.07, 6.45) is 4.24. The lowest BCUT2D eigenvalue weighted by molar-refractivity contribution is -0.112. The van der Waals surface area contributed by atoms with Gasteiger partial charge in [-0.1, -0.05) is 62.7 Å². The summed E-state index contributed by atoms with van der Waals surface area (Å²) >= 11 is 0. The molecule has 0 saturated heterocycles. The van der Waals surface area contributed by atoms with Crippen LogP contribution in [0.15, 0.2) is 91.3 Å². The van der Waals surface area contributed by atoms with Crippen LogP contribution in [0.25, 0.3) is 16.5 Å². The zero-order valence-electron chi connectivity index (χ0n) is 23.1. The minimum absolute atomic E-state index is 0.247. The zero-order valence-corrected chi connectivity index (χ0v) is 23.1. The number of benzene rings is 3. The Bertz CT molecular complexity index is 1670. The Kier molecular flexibility index (Phi) is 7.47. The highest BCUT2D eigenvalue weighted by Crippen LogP contribution is 2.30. The summed E-state index contributed by atoms with van der Waals surface area (Å²) in [7, 11) is 0. The van der Waals surface area contributed by atoms with Gasteiger partial charge in [-0.05, 0) is 54.3 Å². The second-order valence-electron chi connectivity index (χ2n) is 10.8. The van der Waals surface area contributed by atoms with Crippen molar-refractivity contribution in [2.24, 2.45) is 0 Å². The van der Waals surface area contributed by atoms with E-state index in [2.05, 4.69) is 31.1 Å². The molecule has 2 aromatic heterocycles. The van der Waals surface area contributed by atoms with Crippen LogP contribution < -0.4 is 10.1 Å². The SMILES string of the molecule is Cc1ccc(-n2nc(C(C)(C)C)cc2NC(=O)C(=O)c2ccc(OCCc3ccncc3)c3ccccc23)cc1. The minimum atomic E-state index is -0.731. The summed E-state index contributed by atoms with van der Waals surface area (Å²) in [5, 5.41) is 9.00. The Balaban J connectivity index is 1.40. The molecule has 40 heavy (non-hydrogen) atoms. The molecule has 7 heteroatoms. The number of Topliss-reactive ketones (excluding diaryl/α,β-unsaturated/α-hetero) is 1. The molecule has 0 atom stereocenters. The quantitative estimate of drug-likeness (QED) is 0.183. The number of hydrogen-bond acceptors (Lipinski definition) is 5. The molecule has 0 spiro atoms. The smallest absolute Gasteiger partial charge is 0.297 e. The number of ketones is 1. The summed E-state index contributed by atoms with van der Waals surface area (Å²) < 4.78 is 7.75. The number of ether oxygens (including phenoxy) is 1. The van der Waals surface area contributed by atoms with E-state index in [0.717, 1.165) is 34.3 Å². The van der Waals surface area contributed by atoms with Gasteiger partial charge in [0.1, 0.15) is 11.6 Å². The van der Waals surface area contributed by atoms with Crippen molar-refractivity contribution in [2.45, 2.75) is 39.5 Å². The maximum Gasteiger partial charge on any atom is 0.297 e. The molecule has 3 aromatic carbocycles. The Morgan fingerprint density at radius 1 is 0.900 bits per heavy atom. The molecular weight excluding hydrogens is 500 g/mol. The first kappa shape index (κ1) is 26.8. The van der Waals surface area contributed by atoms with Crippen molar-refractivity contribution in [3.05, 3.63) is 114 Å². The van der Waals surface area contributed by atoms with Gasteiger partial charge in [0.25, 0.3) is 11.7 Å². The molecule has 0 aliphatic carbocycles. The van der Waals surface area contributed by atoms with Crippen molar-refractivity contribution in [3.8, 4) is 11.4 Å². The van der Waals surface area contributed by atoms with E-state index in [0.29, 0.717) is 29.1 Å². The number of rotatable bonds is 8. The molecular formula is C33H32N4O3. The van der Waals surface area contributed by atoms with Crippen LogP contribution in [0.1, 0.15) is 48.0 Å². The third-order valence-electron chi connectivity index (χ3n) is 6.73. The standard InChI is InChI=1S/C33H32N4O3/c1-22-9-11-24(12-10-22)37-30(21-29(36-37)33(2,3)4)35-32(39)31(38)27-13-14-28(26-8-6-5-7-25(26)27)40-20-17-23-15-18-34-19-16-23/h5-16,18-19,21H,17,20H2,1-4H3,(H,35,39). The van der Waals surface area contributed by atoms with Crippen LogP contribution in [0.5, 0.6) is 5.75 Å². The fraction of sp³-hybridized carbons (Fsp3) is 0.212. The van der Waals surface area contributed by atoms with Gasteiger partial charge in [0.05, 0.1) is 18.0 Å². The number of amides is 1. The number of carbonyl (C=O) groups is 2. The van der Waals surface area contributed by atoms with E-state index in [1.54, 1.807) is 29.2 Å². The number of aromatic nitrogens is 3. The lowest BCUT2D eigenvalue weighted by Gasteiger charge is -2.14. The lowest BCUT2D eigenvalue weighted by Crippen LogP contribution is -2.24. The van der Waals surface area contributed by atoms with Gasteiger partial charge in [-0.2, -0.15) is 5.10 Å². The fourth-order valence-corrected chi connectivity index (χ4v) is 4.44. The fourth-order valence-electron chi connectivity index (χ4n) is 4.44. The molecule has 5 rings (SSSR count). The summed E-state index contributed by atoms with van der Waals surface area (Å²) in [4.78, 5) is 30.9.